The highest BCUT2D eigenvalue weighted by atomic mass is 32.2. The van der Waals surface area contributed by atoms with Crippen molar-refractivity contribution in [3.8, 4) is 56.4 Å². The molecule has 1 spiro atoms. The van der Waals surface area contributed by atoms with E-state index in [1.807, 2.05) is 30.0 Å². The second-order valence-electron chi connectivity index (χ2n) is 15.1. The summed E-state index contributed by atoms with van der Waals surface area (Å²) in [4.78, 5) is 17.9. The molecule has 0 atom stereocenters. The summed E-state index contributed by atoms with van der Waals surface area (Å²) >= 11 is 1.87. The lowest BCUT2D eigenvalue weighted by atomic mass is 9.67. The van der Waals surface area contributed by atoms with E-state index in [0.717, 1.165) is 33.2 Å². The van der Waals surface area contributed by atoms with Crippen LogP contribution in [0.4, 0.5) is 0 Å². The average Bonchev–Trinajstić information content (AvgIpc) is 3.59. The molecule has 4 heteroatoms. The third kappa shape index (κ3) is 4.98. The van der Waals surface area contributed by atoms with Gasteiger partial charge in [0.25, 0.3) is 0 Å². The first-order valence-electron chi connectivity index (χ1n) is 19.7. The van der Waals surface area contributed by atoms with Crippen LogP contribution < -0.4 is 0 Å². The molecule has 0 fully saturated rings. The molecular weight excluding hydrogens is 723 g/mol. The van der Waals surface area contributed by atoms with Crippen LogP contribution >= 0.6 is 11.8 Å². The van der Waals surface area contributed by atoms with Gasteiger partial charge in [0.2, 0.25) is 0 Å². The van der Waals surface area contributed by atoms with Crippen molar-refractivity contribution < 1.29 is 0 Å². The van der Waals surface area contributed by atoms with Crippen molar-refractivity contribution >= 4 is 33.3 Å². The highest BCUT2D eigenvalue weighted by Crippen LogP contribution is 2.62. The van der Waals surface area contributed by atoms with Crippen LogP contribution in [0.5, 0.6) is 0 Å². The molecule has 0 bridgehead atoms. The van der Waals surface area contributed by atoms with Crippen LogP contribution in [0.25, 0.3) is 78.0 Å². The maximum absolute atomic E-state index is 5.18. The van der Waals surface area contributed by atoms with E-state index in [0.29, 0.717) is 17.5 Å². The van der Waals surface area contributed by atoms with Gasteiger partial charge in [-0.25, -0.2) is 15.0 Å². The zero-order valence-electron chi connectivity index (χ0n) is 31.3. The van der Waals surface area contributed by atoms with E-state index < -0.39 is 5.41 Å². The van der Waals surface area contributed by atoms with Crippen molar-refractivity contribution in [2.45, 2.75) is 15.2 Å². The average molecular weight is 756 g/mol. The summed E-state index contributed by atoms with van der Waals surface area (Å²) in [5.74, 6) is 1.94. The number of hydrogen-bond acceptors (Lipinski definition) is 4. The van der Waals surface area contributed by atoms with Crippen LogP contribution in [0.3, 0.4) is 0 Å². The fourth-order valence-electron chi connectivity index (χ4n) is 9.38. The normalized spacial score (nSPS) is 13.2. The van der Waals surface area contributed by atoms with Crippen molar-refractivity contribution in [2.24, 2.45) is 0 Å². The minimum atomic E-state index is -0.433. The molecule has 270 valence electrons. The van der Waals surface area contributed by atoms with Gasteiger partial charge in [-0.05, 0) is 96.4 Å². The van der Waals surface area contributed by atoms with Crippen LogP contribution in [-0.2, 0) is 5.41 Å². The highest BCUT2D eigenvalue weighted by Gasteiger charge is 2.50. The Morgan fingerprint density at radius 2 is 0.845 bits per heavy atom. The number of nitrogens with zero attached hydrogens (tertiary/aromatic N) is 3. The molecule has 9 aromatic carbocycles. The van der Waals surface area contributed by atoms with Crippen molar-refractivity contribution in [3.05, 3.63) is 222 Å². The molecule has 1 aromatic heterocycles. The molecule has 0 amide bonds. The Morgan fingerprint density at radius 1 is 0.310 bits per heavy atom. The SMILES string of the molecule is c1ccc(-c2nc(-c3cccc(-c4ccc5c(c4)C4(c6ccccc6S5)c5ccccc5-c5ccccc54)c3)nc(-c3ccc4c(ccc5ccccc54)c3)n2)cc1. The predicted octanol–water partition coefficient (Wildman–Crippen LogP) is 13.7. The van der Waals surface area contributed by atoms with Gasteiger partial charge in [0.05, 0.1) is 5.41 Å². The summed E-state index contributed by atoms with van der Waals surface area (Å²) in [5.41, 5.74) is 12.6. The van der Waals surface area contributed by atoms with Crippen LogP contribution in [0.1, 0.15) is 22.3 Å². The summed E-state index contributed by atoms with van der Waals surface area (Å²) in [6, 6.07) is 72.2. The van der Waals surface area contributed by atoms with Gasteiger partial charge in [0, 0.05) is 26.5 Å². The molecule has 0 saturated carbocycles. The Kier molecular flexibility index (Phi) is 7.38. The third-order valence-electron chi connectivity index (χ3n) is 12.0. The maximum atomic E-state index is 5.18. The highest BCUT2D eigenvalue weighted by molar-refractivity contribution is 7.99. The molecule has 0 saturated heterocycles. The molecule has 10 aromatic rings. The summed E-state index contributed by atoms with van der Waals surface area (Å²) in [6.07, 6.45) is 0. The predicted molar refractivity (Wildman–Crippen MR) is 238 cm³/mol. The number of hydrogen-bond donors (Lipinski definition) is 0. The zero-order chi connectivity index (χ0) is 38.2. The third-order valence-corrected chi connectivity index (χ3v) is 13.1. The molecule has 2 heterocycles. The van der Waals surface area contributed by atoms with E-state index in [1.165, 1.54) is 59.3 Å². The van der Waals surface area contributed by atoms with Crippen molar-refractivity contribution in [2.75, 3.05) is 0 Å². The van der Waals surface area contributed by atoms with Gasteiger partial charge in [0.1, 0.15) is 0 Å². The van der Waals surface area contributed by atoms with Crippen LogP contribution in [0.15, 0.2) is 210 Å². The van der Waals surface area contributed by atoms with Crippen LogP contribution in [0, 0.1) is 0 Å². The molecular formula is C54H33N3S. The van der Waals surface area contributed by atoms with Gasteiger partial charge in [-0.15, -0.1) is 0 Å². The molecule has 0 unspecified atom stereocenters. The standard InChI is InChI=1S/C54H33N3S/c1-2-14-35(15-3-1)51-55-52(57-53(56-51)40-27-29-42-38(32-40)26-25-34-13-4-5-18-41(34)42)39-17-12-16-36(31-39)37-28-30-50-48(33-37)54(47-23-10-11-24-49(47)58-50)45-21-8-6-19-43(45)44-20-7-9-22-46(44)54/h1-33H. The number of fused-ring (bicyclic) bond motifs is 12. The largest absolute Gasteiger partial charge is 0.208 e. The first-order chi connectivity index (χ1) is 28.7. The van der Waals surface area contributed by atoms with Gasteiger partial charge in [-0.1, -0.05) is 182 Å². The van der Waals surface area contributed by atoms with Gasteiger partial charge < -0.3 is 0 Å². The van der Waals surface area contributed by atoms with Gasteiger partial charge >= 0.3 is 0 Å². The fourth-order valence-corrected chi connectivity index (χ4v) is 10.5. The lowest BCUT2D eigenvalue weighted by Crippen LogP contribution is -2.32. The maximum Gasteiger partial charge on any atom is 0.164 e. The van der Waals surface area contributed by atoms with E-state index in [4.69, 9.17) is 15.0 Å². The molecule has 3 nitrogen and oxygen atoms in total. The molecule has 0 radical (unpaired) electrons. The first-order valence-corrected chi connectivity index (χ1v) is 20.5. The van der Waals surface area contributed by atoms with E-state index in [2.05, 4.69) is 182 Å². The van der Waals surface area contributed by atoms with Gasteiger partial charge in [-0.3, -0.25) is 0 Å². The van der Waals surface area contributed by atoms with Crippen LogP contribution in [0.2, 0.25) is 0 Å². The molecule has 58 heavy (non-hydrogen) atoms. The van der Waals surface area contributed by atoms with Crippen molar-refractivity contribution in [3.63, 3.8) is 0 Å². The molecule has 1 aliphatic heterocycles. The summed E-state index contributed by atoms with van der Waals surface area (Å²) in [5, 5.41) is 4.83. The van der Waals surface area contributed by atoms with E-state index in [-0.39, 0.29) is 0 Å². The smallest absolute Gasteiger partial charge is 0.164 e. The summed E-state index contributed by atoms with van der Waals surface area (Å²) in [7, 11) is 0. The van der Waals surface area contributed by atoms with E-state index >= 15 is 0 Å². The summed E-state index contributed by atoms with van der Waals surface area (Å²) in [6.45, 7) is 0. The van der Waals surface area contributed by atoms with Crippen LogP contribution in [-0.4, -0.2) is 15.0 Å². The lowest BCUT2D eigenvalue weighted by molar-refractivity contribution is 0.723. The quantitative estimate of drug-likeness (QED) is 0.168. The second-order valence-corrected chi connectivity index (χ2v) is 16.2. The molecule has 12 rings (SSSR count). The summed E-state index contributed by atoms with van der Waals surface area (Å²) < 4.78 is 0. The fraction of sp³-hybridized carbons (Fsp3) is 0.0185. The Labute approximate surface area is 340 Å². The number of benzene rings is 9. The minimum Gasteiger partial charge on any atom is -0.208 e. The lowest BCUT2D eigenvalue weighted by Gasteiger charge is -2.40. The molecule has 1 aliphatic carbocycles. The zero-order valence-corrected chi connectivity index (χ0v) is 32.1. The minimum absolute atomic E-state index is 0.433. The van der Waals surface area contributed by atoms with Gasteiger partial charge in [-0.2, -0.15) is 0 Å². The first kappa shape index (κ1) is 33.0. The van der Waals surface area contributed by atoms with Gasteiger partial charge in [0.15, 0.2) is 17.5 Å². The topological polar surface area (TPSA) is 38.7 Å². The second kappa shape index (κ2) is 13.0. The van der Waals surface area contributed by atoms with Crippen molar-refractivity contribution in [1.29, 1.82) is 0 Å². The Bertz CT molecular complexity index is 3230. The Morgan fingerprint density at radius 3 is 1.64 bits per heavy atom. The Balaban J connectivity index is 1.01. The molecule has 0 N–H and O–H groups in total. The van der Waals surface area contributed by atoms with Crippen molar-refractivity contribution in [1.82, 2.24) is 15.0 Å². The molecule has 2 aliphatic rings. The van der Waals surface area contributed by atoms with E-state index in [1.54, 1.807) is 0 Å². The monoisotopic (exact) mass is 755 g/mol. The Hall–Kier alpha value is -7.14. The number of aromatic nitrogens is 3. The number of rotatable bonds is 4. The van der Waals surface area contributed by atoms with E-state index in [9.17, 15) is 0 Å².